The Bertz CT molecular complexity index is 168. The van der Waals surface area contributed by atoms with Gasteiger partial charge >= 0.3 is 6.03 Å². The summed E-state index contributed by atoms with van der Waals surface area (Å²) in [7, 11) is 0. The molecule has 0 spiro atoms. The van der Waals surface area contributed by atoms with Gasteiger partial charge in [0, 0.05) is 25.7 Å². The Labute approximate surface area is 84.8 Å². The molecule has 14 heavy (non-hydrogen) atoms. The lowest BCUT2D eigenvalue weighted by atomic mass is 10.1. The van der Waals surface area contributed by atoms with Crippen molar-refractivity contribution in [3.8, 4) is 0 Å². The molecule has 0 aromatic rings. The normalized spacial score (nSPS) is 21.9. The second-order valence-corrected chi connectivity index (χ2v) is 3.64. The van der Waals surface area contributed by atoms with Crippen LogP contribution < -0.4 is 21.7 Å². The van der Waals surface area contributed by atoms with E-state index in [-0.39, 0.29) is 0 Å². The molecular weight excluding hydrogens is 180 g/mol. The van der Waals surface area contributed by atoms with Crippen LogP contribution >= 0.6 is 0 Å². The molecule has 1 atom stereocenters. The van der Waals surface area contributed by atoms with E-state index < -0.39 is 6.03 Å². The maximum Gasteiger partial charge on any atom is 0.312 e. The van der Waals surface area contributed by atoms with Crippen molar-refractivity contribution in [2.45, 2.75) is 25.3 Å². The number of carbonyl (C=O) groups excluding carboxylic acids is 1. The monoisotopic (exact) mass is 200 g/mol. The third-order valence-electron chi connectivity index (χ3n) is 2.40. The average molecular weight is 200 g/mol. The van der Waals surface area contributed by atoms with Crippen LogP contribution in [0, 0.1) is 0 Å². The summed E-state index contributed by atoms with van der Waals surface area (Å²) in [5.41, 5.74) is 4.93. The second kappa shape index (κ2) is 6.62. The molecule has 0 aromatic heterocycles. The highest BCUT2D eigenvalue weighted by Gasteiger charge is 2.10. The first-order valence-corrected chi connectivity index (χ1v) is 5.26. The fraction of sp³-hybridized carbons (Fsp3) is 0.889. The quantitative estimate of drug-likeness (QED) is 0.447. The Kier molecular flexibility index (Phi) is 5.32. The number of amides is 2. The first kappa shape index (κ1) is 11.3. The minimum Gasteiger partial charge on any atom is -0.352 e. The Morgan fingerprint density at radius 1 is 1.43 bits per heavy atom. The van der Waals surface area contributed by atoms with E-state index in [1.54, 1.807) is 0 Å². The molecule has 1 aliphatic heterocycles. The van der Waals surface area contributed by atoms with Crippen LogP contribution in [-0.4, -0.2) is 38.3 Å². The van der Waals surface area contributed by atoms with Gasteiger partial charge in [-0.25, -0.2) is 4.79 Å². The number of hydrogen-bond acceptors (Lipinski definition) is 3. The van der Waals surface area contributed by atoms with Crippen molar-refractivity contribution in [1.29, 1.82) is 0 Å². The summed E-state index contributed by atoms with van der Waals surface area (Å²) >= 11 is 0. The summed E-state index contributed by atoms with van der Waals surface area (Å²) in [6.07, 6.45) is 3.86. The molecular formula is C9H20N4O. The molecule has 1 heterocycles. The molecule has 5 heteroatoms. The second-order valence-electron chi connectivity index (χ2n) is 3.64. The Balaban J connectivity index is 1.90. The van der Waals surface area contributed by atoms with Crippen LogP contribution in [0.3, 0.4) is 0 Å². The van der Waals surface area contributed by atoms with Crippen LogP contribution in [0.2, 0.25) is 0 Å². The molecule has 0 radical (unpaired) electrons. The fourth-order valence-electron chi connectivity index (χ4n) is 1.65. The highest BCUT2D eigenvalue weighted by molar-refractivity contribution is 5.71. The van der Waals surface area contributed by atoms with E-state index in [1.165, 1.54) is 19.3 Å². The molecule has 0 aromatic carbocycles. The van der Waals surface area contributed by atoms with Gasteiger partial charge in [0.1, 0.15) is 0 Å². The van der Waals surface area contributed by atoms with Crippen molar-refractivity contribution < 1.29 is 4.79 Å². The van der Waals surface area contributed by atoms with Crippen LogP contribution in [0.1, 0.15) is 19.3 Å². The largest absolute Gasteiger partial charge is 0.352 e. The van der Waals surface area contributed by atoms with Crippen molar-refractivity contribution in [2.75, 3.05) is 26.2 Å². The molecule has 1 unspecified atom stereocenters. The zero-order valence-electron chi connectivity index (χ0n) is 8.51. The number of piperidine rings is 1. The number of carbonyl (C=O) groups is 1. The van der Waals surface area contributed by atoms with Gasteiger partial charge in [-0.3, -0.25) is 0 Å². The van der Waals surface area contributed by atoms with E-state index in [9.17, 15) is 4.79 Å². The van der Waals surface area contributed by atoms with Gasteiger partial charge in [0.05, 0.1) is 0 Å². The number of urea groups is 1. The van der Waals surface area contributed by atoms with Crippen molar-refractivity contribution in [3.63, 3.8) is 0 Å². The molecule has 2 amide bonds. The Morgan fingerprint density at radius 3 is 2.93 bits per heavy atom. The maximum atomic E-state index is 10.3. The third-order valence-corrected chi connectivity index (χ3v) is 2.40. The minimum atomic E-state index is -0.456. The van der Waals surface area contributed by atoms with Crippen molar-refractivity contribution in [2.24, 2.45) is 5.73 Å². The number of nitrogens with two attached hydrogens (primary N) is 1. The third kappa shape index (κ3) is 5.04. The minimum absolute atomic E-state index is 0.456. The molecule has 82 valence electrons. The lowest BCUT2D eigenvalue weighted by Gasteiger charge is -2.23. The van der Waals surface area contributed by atoms with Gasteiger partial charge in [0.25, 0.3) is 0 Å². The average Bonchev–Trinajstić information content (AvgIpc) is 2.18. The Hall–Kier alpha value is -0.810. The van der Waals surface area contributed by atoms with Gasteiger partial charge in [0.2, 0.25) is 0 Å². The molecule has 1 fully saturated rings. The fourth-order valence-corrected chi connectivity index (χ4v) is 1.65. The van der Waals surface area contributed by atoms with Gasteiger partial charge in [0.15, 0.2) is 0 Å². The van der Waals surface area contributed by atoms with Gasteiger partial charge < -0.3 is 21.7 Å². The predicted molar refractivity (Wildman–Crippen MR) is 56.1 cm³/mol. The molecule has 1 rings (SSSR count). The highest BCUT2D eigenvalue weighted by Crippen LogP contribution is 2.05. The zero-order valence-corrected chi connectivity index (χ0v) is 8.51. The summed E-state index contributed by atoms with van der Waals surface area (Å²) in [5, 5.41) is 9.26. The number of hydrogen-bond donors (Lipinski definition) is 4. The maximum absolute atomic E-state index is 10.3. The van der Waals surface area contributed by atoms with Gasteiger partial charge in [-0.2, -0.15) is 0 Å². The molecule has 5 N–H and O–H groups in total. The molecule has 0 saturated carbocycles. The van der Waals surface area contributed by atoms with E-state index in [4.69, 9.17) is 5.73 Å². The van der Waals surface area contributed by atoms with Crippen LogP contribution in [0.4, 0.5) is 4.79 Å². The molecule has 0 aliphatic carbocycles. The highest BCUT2D eigenvalue weighted by atomic mass is 16.2. The van der Waals surface area contributed by atoms with Crippen molar-refractivity contribution >= 4 is 6.03 Å². The van der Waals surface area contributed by atoms with Crippen LogP contribution in [0.25, 0.3) is 0 Å². The zero-order chi connectivity index (χ0) is 10.2. The molecule has 1 saturated heterocycles. The topological polar surface area (TPSA) is 79.2 Å². The van der Waals surface area contributed by atoms with Crippen molar-refractivity contribution in [3.05, 3.63) is 0 Å². The lowest BCUT2D eigenvalue weighted by Crippen LogP contribution is -2.43. The van der Waals surface area contributed by atoms with Crippen LogP contribution in [0.15, 0.2) is 0 Å². The van der Waals surface area contributed by atoms with E-state index >= 15 is 0 Å². The first-order chi connectivity index (χ1) is 6.79. The lowest BCUT2D eigenvalue weighted by molar-refractivity contribution is 0.249. The standard InChI is InChI=1S/C9H20N4O/c10-9(14)13-6-5-11-7-8-3-1-2-4-12-8/h8,11-12H,1-7H2,(H3,10,13,14). The molecule has 1 aliphatic rings. The summed E-state index contributed by atoms with van der Waals surface area (Å²) in [6, 6.07) is 0.139. The smallest absolute Gasteiger partial charge is 0.312 e. The molecule has 5 nitrogen and oxygen atoms in total. The van der Waals surface area contributed by atoms with Crippen LogP contribution in [-0.2, 0) is 0 Å². The van der Waals surface area contributed by atoms with Crippen LogP contribution in [0.5, 0.6) is 0 Å². The van der Waals surface area contributed by atoms with Crippen molar-refractivity contribution in [1.82, 2.24) is 16.0 Å². The summed E-state index contributed by atoms with van der Waals surface area (Å²) < 4.78 is 0. The van der Waals surface area contributed by atoms with E-state index in [0.717, 1.165) is 19.6 Å². The van der Waals surface area contributed by atoms with Gasteiger partial charge in [-0.15, -0.1) is 0 Å². The SMILES string of the molecule is NC(=O)NCCNCC1CCCCN1. The number of primary amides is 1. The number of nitrogens with one attached hydrogen (secondary N) is 3. The van der Waals surface area contributed by atoms with E-state index in [1.807, 2.05) is 0 Å². The van der Waals surface area contributed by atoms with Gasteiger partial charge in [-0.1, -0.05) is 6.42 Å². The van der Waals surface area contributed by atoms with Gasteiger partial charge in [-0.05, 0) is 19.4 Å². The summed E-state index contributed by atoms with van der Waals surface area (Å²) in [5.74, 6) is 0. The summed E-state index contributed by atoms with van der Waals surface area (Å²) in [4.78, 5) is 10.3. The first-order valence-electron chi connectivity index (χ1n) is 5.26. The number of rotatable bonds is 5. The predicted octanol–water partition coefficient (Wildman–Crippen LogP) is -0.614. The molecule has 0 bridgehead atoms. The Morgan fingerprint density at radius 2 is 2.29 bits per heavy atom. The van der Waals surface area contributed by atoms with E-state index in [0.29, 0.717) is 12.6 Å². The summed E-state index contributed by atoms with van der Waals surface area (Å²) in [6.45, 7) is 3.48. The van der Waals surface area contributed by atoms with E-state index in [2.05, 4.69) is 16.0 Å².